The van der Waals surface area contributed by atoms with Crippen molar-refractivity contribution >= 4 is 30.0 Å². The number of hydrogen-bond acceptors (Lipinski definition) is 2. The second-order valence-corrected chi connectivity index (χ2v) is 6.47. The summed E-state index contributed by atoms with van der Waals surface area (Å²) in [6, 6.07) is 5.04. The van der Waals surface area contributed by atoms with Crippen molar-refractivity contribution in [3.63, 3.8) is 0 Å². The zero-order valence-electron chi connectivity index (χ0n) is 14.0. The molecule has 6 nitrogen and oxygen atoms in total. The molecule has 2 fully saturated rings. The minimum Gasteiger partial charge on any atom is -0.406 e. The van der Waals surface area contributed by atoms with Gasteiger partial charge in [-0.25, -0.2) is 4.99 Å². The molecule has 1 aliphatic carbocycles. The van der Waals surface area contributed by atoms with Gasteiger partial charge in [0.05, 0.1) is 5.69 Å². The van der Waals surface area contributed by atoms with Crippen molar-refractivity contribution in [1.82, 2.24) is 4.90 Å². The molecule has 4 N–H and O–H groups in total. The molecule has 1 saturated carbocycles. The zero-order valence-corrected chi connectivity index (χ0v) is 14.8. The fourth-order valence-electron chi connectivity index (χ4n) is 2.95. The van der Waals surface area contributed by atoms with Gasteiger partial charge in [0.15, 0.2) is 5.96 Å². The number of ether oxygens (including phenoxy) is 1. The van der Waals surface area contributed by atoms with Crippen LogP contribution < -0.4 is 16.2 Å². The molecule has 1 aliphatic heterocycles. The first kappa shape index (κ1) is 20.2. The highest BCUT2D eigenvalue weighted by Crippen LogP contribution is 2.53. The summed E-state index contributed by atoms with van der Waals surface area (Å²) < 4.78 is 40.1. The number of guanidine groups is 2. The summed E-state index contributed by atoms with van der Waals surface area (Å²) in [5.41, 5.74) is 12.6. The van der Waals surface area contributed by atoms with Crippen LogP contribution >= 0.6 is 12.4 Å². The van der Waals surface area contributed by atoms with E-state index in [2.05, 4.69) is 14.7 Å². The molecule has 26 heavy (non-hydrogen) atoms. The quantitative estimate of drug-likeness (QED) is 0.598. The van der Waals surface area contributed by atoms with Crippen LogP contribution in [0.1, 0.15) is 25.7 Å². The van der Waals surface area contributed by atoms with Gasteiger partial charge in [-0.15, -0.1) is 25.6 Å². The minimum atomic E-state index is -4.73. The smallest absolute Gasteiger partial charge is 0.406 e. The van der Waals surface area contributed by atoms with Crippen LogP contribution in [0.15, 0.2) is 34.3 Å². The molecule has 1 heterocycles. The zero-order chi connectivity index (χ0) is 18.1. The largest absolute Gasteiger partial charge is 0.573 e. The van der Waals surface area contributed by atoms with Crippen LogP contribution in [0.3, 0.4) is 0 Å². The fourth-order valence-corrected chi connectivity index (χ4v) is 2.95. The molecule has 3 rings (SSSR count). The van der Waals surface area contributed by atoms with Crippen LogP contribution in [0.25, 0.3) is 0 Å². The molecule has 0 amide bonds. The Labute approximate surface area is 155 Å². The molecular formula is C16H21ClF3N5O. The van der Waals surface area contributed by atoms with Gasteiger partial charge in [0, 0.05) is 13.1 Å². The van der Waals surface area contributed by atoms with E-state index in [0.29, 0.717) is 17.1 Å². The van der Waals surface area contributed by atoms with Gasteiger partial charge in [0.2, 0.25) is 5.96 Å². The second kappa shape index (κ2) is 7.61. The number of hydrogen-bond donors (Lipinski definition) is 2. The topological polar surface area (TPSA) is 89.2 Å². The first-order chi connectivity index (χ1) is 11.7. The van der Waals surface area contributed by atoms with Crippen molar-refractivity contribution in [2.24, 2.45) is 26.9 Å². The van der Waals surface area contributed by atoms with E-state index in [-0.39, 0.29) is 24.1 Å². The third kappa shape index (κ3) is 5.42. The molecule has 1 saturated heterocycles. The summed E-state index contributed by atoms with van der Waals surface area (Å²) in [6.07, 6.45) is 0.100. The summed E-state index contributed by atoms with van der Waals surface area (Å²) in [7, 11) is 0. The number of aliphatic imine (C=N–C) groups is 2. The number of rotatable bonds is 2. The maximum absolute atomic E-state index is 12.1. The van der Waals surface area contributed by atoms with E-state index in [1.165, 1.54) is 25.0 Å². The standard InChI is InChI=1S/C16H20F3N5O.ClH/c17-16(18,19)25-12-3-1-11(2-4-12)22-13(20)23-14(21)24-9-7-15(5-6-15)8-10-24;/h1-4H,5-10H2,(H4,20,21,22,23);1H. The van der Waals surface area contributed by atoms with Crippen molar-refractivity contribution in [3.8, 4) is 5.75 Å². The molecule has 1 aromatic carbocycles. The highest BCUT2D eigenvalue weighted by atomic mass is 35.5. The number of nitrogens with zero attached hydrogens (tertiary/aromatic N) is 3. The third-order valence-electron chi connectivity index (χ3n) is 4.65. The number of likely N-dealkylation sites (tertiary alicyclic amines) is 1. The van der Waals surface area contributed by atoms with Crippen LogP contribution in [0.2, 0.25) is 0 Å². The SMILES string of the molecule is Cl.NC(=Nc1ccc(OC(F)(F)F)cc1)/N=C(\N)N1CCC2(CC1)CC2. The van der Waals surface area contributed by atoms with Gasteiger partial charge in [0.25, 0.3) is 0 Å². The Morgan fingerprint density at radius 1 is 1.04 bits per heavy atom. The number of halogens is 4. The summed E-state index contributed by atoms with van der Waals surface area (Å²) in [5, 5.41) is 0. The normalized spacial score (nSPS) is 19.9. The maximum Gasteiger partial charge on any atom is 0.573 e. The van der Waals surface area contributed by atoms with Crippen molar-refractivity contribution in [2.45, 2.75) is 32.0 Å². The Kier molecular flexibility index (Phi) is 5.90. The number of benzene rings is 1. The first-order valence-corrected chi connectivity index (χ1v) is 8.04. The number of nitrogens with two attached hydrogens (primary N) is 2. The summed E-state index contributed by atoms with van der Waals surface area (Å²) >= 11 is 0. The van der Waals surface area contributed by atoms with Crippen molar-refractivity contribution in [2.75, 3.05) is 13.1 Å². The molecule has 0 bridgehead atoms. The molecule has 0 unspecified atom stereocenters. The van der Waals surface area contributed by atoms with Gasteiger partial charge < -0.3 is 21.1 Å². The van der Waals surface area contributed by atoms with Gasteiger partial charge >= 0.3 is 6.36 Å². The Hall–Kier alpha value is -2.16. The number of piperidine rings is 1. The van der Waals surface area contributed by atoms with Gasteiger partial charge in [-0.1, -0.05) is 0 Å². The van der Waals surface area contributed by atoms with Gasteiger partial charge in [-0.05, 0) is 55.4 Å². The average molecular weight is 392 g/mol. The lowest BCUT2D eigenvalue weighted by Gasteiger charge is -2.32. The molecule has 0 radical (unpaired) electrons. The molecule has 10 heteroatoms. The summed E-state index contributed by atoms with van der Waals surface area (Å²) in [6.45, 7) is 1.71. The van der Waals surface area contributed by atoms with Gasteiger partial charge in [-0.3, -0.25) is 0 Å². The lowest BCUT2D eigenvalue weighted by Crippen LogP contribution is -2.44. The molecular weight excluding hydrogens is 371 g/mol. The first-order valence-electron chi connectivity index (χ1n) is 8.04. The number of alkyl halides is 3. The Bertz CT molecular complexity index is 676. The van der Waals surface area contributed by atoms with Crippen LogP contribution in [-0.4, -0.2) is 36.3 Å². The highest BCUT2D eigenvalue weighted by molar-refractivity contribution is 5.94. The monoisotopic (exact) mass is 391 g/mol. The van der Waals surface area contributed by atoms with Crippen LogP contribution in [0, 0.1) is 5.41 Å². The van der Waals surface area contributed by atoms with Gasteiger partial charge in [0.1, 0.15) is 5.75 Å². The highest BCUT2D eigenvalue weighted by Gasteiger charge is 2.44. The molecule has 0 atom stereocenters. The van der Waals surface area contributed by atoms with Gasteiger partial charge in [-0.2, -0.15) is 4.99 Å². The second-order valence-electron chi connectivity index (χ2n) is 6.47. The van der Waals surface area contributed by atoms with E-state index < -0.39 is 6.36 Å². The van der Waals surface area contributed by atoms with Crippen LogP contribution in [0.4, 0.5) is 18.9 Å². The minimum absolute atomic E-state index is 0. The summed E-state index contributed by atoms with van der Waals surface area (Å²) in [5.74, 6) is -0.0576. The van der Waals surface area contributed by atoms with E-state index in [9.17, 15) is 13.2 Å². The maximum atomic E-state index is 12.1. The Balaban J connectivity index is 0.00000243. The van der Waals surface area contributed by atoms with Crippen molar-refractivity contribution < 1.29 is 17.9 Å². The predicted octanol–water partition coefficient (Wildman–Crippen LogP) is 3.14. The van der Waals surface area contributed by atoms with E-state index >= 15 is 0 Å². The van der Waals surface area contributed by atoms with E-state index in [4.69, 9.17) is 11.5 Å². The lowest BCUT2D eigenvalue weighted by molar-refractivity contribution is -0.274. The third-order valence-corrected chi connectivity index (χ3v) is 4.65. The van der Waals surface area contributed by atoms with E-state index in [1.807, 2.05) is 4.90 Å². The molecule has 144 valence electrons. The van der Waals surface area contributed by atoms with Crippen molar-refractivity contribution in [1.29, 1.82) is 0 Å². The fraction of sp³-hybridized carbons (Fsp3) is 0.500. The Morgan fingerprint density at radius 2 is 1.62 bits per heavy atom. The molecule has 2 aliphatic rings. The molecule has 1 aromatic rings. The molecule has 0 aromatic heterocycles. The van der Waals surface area contributed by atoms with E-state index in [1.54, 1.807) is 0 Å². The lowest BCUT2D eigenvalue weighted by atomic mass is 9.94. The van der Waals surface area contributed by atoms with E-state index in [0.717, 1.165) is 38.1 Å². The van der Waals surface area contributed by atoms with Crippen LogP contribution in [-0.2, 0) is 0 Å². The summed E-state index contributed by atoms with van der Waals surface area (Å²) in [4.78, 5) is 10.1. The average Bonchev–Trinajstić information content (AvgIpc) is 3.27. The van der Waals surface area contributed by atoms with Crippen LogP contribution in [0.5, 0.6) is 5.75 Å². The Morgan fingerprint density at radius 3 is 2.12 bits per heavy atom. The molecule has 1 spiro atoms. The van der Waals surface area contributed by atoms with Crippen molar-refractivity contribution in [3.05, 3.63) is 24.3 Å². The predicted molar refractivity (Wildman–Crippen MR) is 95.8 cm³/mol.